The van der Waals surface area contributed by atoms with Crippen molar-refractivity contribution in [2.24, 2.45) is 0 Å². The van der Waals surface area contributed by atoms with Crippen LogP contribution in [-0.4, -0.2) is 18.4 Å². The predicted molar refractivity (Wildman–Crippen MR) is 101 cm³/mol. The number of ether oxygens (including phenoxy) is 1. The second-order valence-electron chi connectivity index (χ2n) is 5.17. The summed E-state index contributed by atoms with van der Waals surface area (Å²) in [5, 5.41) is 2.78. The molecule has 2 amide bonds. The normalized spacial score (nSPS) is 14.3. The largest absolute Gasteiger partial charge is 0.492 e. The molecule has 2 aromatic rings. The number of amides is 2. The third-order valence-electron chi connectivity index (χ3n) is 3.56. The minimum absolute atomic E-state index is 0.0294. The van der Waals surface area contributed by atoms with Crippen LogP contribution < -0.4 is 15.0 Å². The quantitative estimate of drug-likeness (QED) is 0.732. The van der Waals surface area contributed by atoms with Crippen LogP contribution in [0.3, 0.4) is 0 Å². The van der Waals surface area contributed by atoms with E-state index in [0.717, 1.165) is 9.37 Å². The number of para-hydroxylation sites is 2. The van der Waals surface area contributed by atoms with E-state index in [4.69, 9.17) is 16.3 Å². The summed E-state index contributed by atoms with van der Waals surface area (Å²) < 4.78 is 6.37. The molecule has 0 unspecified atom stereocenters. The fourth-order valence-electron chi connectivity index (χ4n) is 2.42. The van der Waals surface area contributed by atoms with Crippen LogP contribution in [0.15, 0.2) is 63.7 Å². The number of hydrogen-bond donors (Lipinski definition) is 1. The SMILES string of the molecule is CCOc1ccccc1NC1=C(Cl)C(=O)N(c2ccc(Br)cc2)C1=O. The first-order valence-corrected chi connectivity index (χ1v) is 8.73. The number of hydrogen-bond acceptors (Lipinski definition) is 4. The maximum atomic E-state index is 12.7. The number of halogens is 2. The van der Waals surface area contributed by atoms with E-state index in [1.54, 1.807) is 42.5 Å². The molecule has 7 heteroatoms. The molecule has 0 radical (unpaired) electrons. The van der Waals surface area contributed by atoms with Gasteiger partial charge in [0, 0.05) is 4.47 Å². The van der Waals surface area contributed by atoms with Crippen LogP contribution in [0.5, 0.6) is 5.75 Å². The Balaban J connectivity index is 1.91. The molecule has 0 saturated heterocycles. The molecule has 0 fully saturated rings. The van der Waals surface area contributed by atoms with Gasteiger partial charge in [-0.1, -0.05) is 39.7 Å². The van der Waals surface area contributed by atoms with Gasteiger partial charge in [0.2, 0.25) is 0 Å². The molecule has 1 heterocycles. The minimum atomic E-state index is -0.564. The predicted octanol–water partition coefficient (Wildman–Crippen LogP) is 4.28. The van der Waals surface area contributed by atoms with Crippen LogP contribution in [0.25, 0.3) is 0 Å². The van der Waals surface area contributed by atoms with Crippen LogP contribution in [0.2, 0.25) is 0 Å². The average molecular weight is 422 g/mol. The second kappa shape index (κ2) is 7.29. The summed E-state index contributed by atoms with van der Waals surface area (Å²) in [5.41, 5.74) is 1.05. The first kappa shape index (κ1) is 17.5. The number of benzene rings is 2. The van der Waals surface area contributed by atoms with Gasteiger partial charge in [0.05, 0.1) is 18.0 Å². The molecular weight excluding hydrogens is 408 g/mol. The van der Waals surface area contributed by atoms with Crippen molar-refractivity contribution < 1.29 is 14.3 Å². The highest BCUT2D eigenvalue weighted by atomic mass is 79.9. The van der Waals surface area contributed by atoms with E-state index < -0.39 is 11.8 Å². The fourth-order valence-corrected chi connectivity index (χ4v) is 2.90. The van der Waals surface area contributed by atoms with Gasteiger partial charge >= 0.3 is 0 Å². The highest BCUT2D eigenvalue weighted by molar-refractivity contribution is 9.10. The molecule has 2 aromatic carbocycles. The summed E-state index contributed by atoms with van der Waals surface area (Å²) in [5.74, 6) is -0.502. The standard InChI is InChI=1S/C18H14BrClN2O3/c1-2-25-14-6-4-3-5-13(14)21-16-15(20)17(23)22(18(16)24)12-9-7-11(19)8-10-12/h3-10,21H,2H2,1H3. The first-order chi connectivity index (χ1) is 12.0. The lowest BCUT2D eigenvalue weighted by atomic mass is 10.2. The van der Waals surface area contributed by atoms with E-state index in [9.17, 15) is 9.59 Å². The van der Waals surface area contributed by atoms with Crippen LogP contribution in [0.1, 0.15) is 6.92 Å². The Morgan fingerprint density at radius 1 is 1.08 bits per heavy atom. The maximum Gasteiger partial charge on any atom is 0.283 e. The van der Waals surface area contributed by atoms with Crippen LogP contribution >= 0.6 is 27.5 Å². The zero-order valence-electron chi connectivity index (χ0n) is 13.3. The van der Waals surface area contributed by atoms with Gasteiger partial charge in [-0.15, -0.1) is 0 Å². The van der Waals surface area contributed by atoms with Gasteiger partial charge in [0.25, 0.3) is 11.8 Å². The average Bonchev–Trinajstić information content (AvgIpc) is 2.81. The van der Waals surface area contributed by atoms with E-state index in [-0.39, 0.29) is 10.7 Å². The summed E-state index contributed by atoms with van der Waals surface area (Å²) in [7, 11) is 0. The Morgan fingerprint density at radius 2 is 1.76 bits per heavy atom. The molecule has 1 N–H and O–H groups in total. The van der Waals surface area contributed by atoms with Crippen molar-refractivity contribution in [3.05, 3.63) is 63.7 Å². The summed E-state index contributed by atoms with van der Waals surface area (Å²) in [6.45, 7) is 2.34. The summed E-state index contributed by atoms with van der Waals surface area (Å²) in [4.78, 5) is 26.2. The molecule has 1 aliphatic rings. The Labute approximate surface area is 158 Å². The zero-order chi connectivity index (χ0) is 18.0. The van der Waals surface area contributed by atoms with E-state index >= 15 is 0 Å². The molecule has 0 atom stereocenters. The number of rotatable bonds is 5. The number of imide groups is 1. The Hall–Kier alpha value is -2.31. The summed E-state index contributed by atoms with van der Waals surface area (Å²) >= 11 is 9.46. The van der Waals surface area contributed by atoms with Crippen LogP contribution in [0, 0.1) is 0 Å². The Bertz CT molecular complexity index is 865. The highest BCUT2D eigenvalue weighted by Gasteiger charge is 2.39. The number of carbonyl (C=O) groups is 2. The van der Waals surface area contributed by atoms with Crippen molar-refractivity contribution >= 4 is 50.7 Å². The smallest absolute Gasteiger partial charge is 0.283 e. The number of nitrogens with zero attached hydrogens (tertiary/aromatic N) is 1. The Morgan fingerprint density at radius 3 is 2.44 bits per heavy atom. The second-order valence-corrected chi connectivity index (χ2v) is 6.46. The van der Waals surface area contributed by atoms with E-state index in [1.807, 2.05) is 13.0 Å². The minimum Gasteiger partial charge on any atom is -0.492 e. The van der Waals surface area contributed by atoms with Crippen molar-refractivity contribution in [3.8, 4) is 5.75 Å². The molecule has 25 heavy (non-hydrogen) atoms. The molecule has 3 rings (SSSR count). The highest BCUT2D eigenvalue weighted by Crippen LogP contribution is 2.33. The lowest BCUT2D eigenvalue weighted by Gasteiger charge is -2.16. The molecule has 1 aliphatic heterocycles. The third-order valence-corrected chi connectivity index (χ3v) is 4.44. The first-order valence-electron chi connectivity index (χ1n) is 7.56. The maximum absolute atomic E-state index is 12.7. The molecule has 128 valence electrons. The van der Waals surface area contributed by atoms with E-state index in [1.165, 1.54) is 0 Å². The monoisotopic (exact) mass is 420 g/mol. The van der Waals surface area contributed by atoms with Crippen LogP contribution in [-0.2, 0) is 9.59 Å². The van der Waals surface area contributed by atoms with Gasteiger partial charge in [-0.3, -0.25) is 9.59 Å². The van der Waals surface area contributed by atoms with Crippen molar-refractivity contribution in [2.75, 3.05) is 16.8 Å². The number of anilines is 2. The molecule has 0 spiro atoms. The topological polar surface area (TPSA) is 58.6 Å². The molecule has 0 bridgehead atoms. The summed E-state index contributed by atoms with van der Waals surface area (Å²) in [6.07, 6.45) is 0. The molecule has 0 aromatic heterocycles. The number of nitrogens with one attached hydrogen (secondary N) is 1. The lowest BCUT2D eigenvalue weighted by Crippen LogP contribution is -2.32. The van der Waals surface area contributed by atoms with Gasteiger partial charge in [0.15, 0.2) is 0 Å². The van der Waals surface area contributed by atoms with Crippen molar-refractivity contribution in [1.29, 1.82) is 0 Å². The van der Waals surface area contributed by atoms with E-state index in [0.29, 0.717) is 23.7 Å². The van der Waals surface area contributed by atoms with Crippen molar-refractivity contribution in [3.63, 3.8) is 0 Å². The molecule has 0 saturated carbocycles. The van der Waals surface area contributed by atoms with Crippen molar-refractivity contribution in [1.82, 2.24) is 0 Å². The zero-order valence-corrected chi connectivity index (χ0v) is 15.6. The molecule has 5 nitrogen and oxygen atoms in total. The molecular formula is C18H14BrClN2O3. The van der Waals surface area contributed by atoms with Gasteiger partial charge in [-0.2, -0.15) is 0 Å². The van der Waals surface area contributed by atoms with Gasteiger partial charge < -0.3 is 10.1 Å². The Kier molecular flexibility index (Phi) is 5.11. The lowest BCUT2D eigenvalue weighted by molar-refractivity contribution is -0.120. The van der Waals surface area contributed by atoms with Crippen molar-refractivity contribution in [2.45, 2.75) is 6.92 Å². The van der Waals surface area contributed by atoms with Gasteiger partial charge in [0.1, 0.15) is 16.5 Å². The van der Waals surface area contributed by atoms with Gasteiger partial charge in [-0.25, -0.2) is 4.90 Å². The van der Waals surface area contributed by atoms with Crippen LogP contribution in [0.4, 0.5) is 11.4 Å². The van der Waals surface area contributed by atoms with E-state index in [2.05, 4.69) is 21.2 Å². The molecule has 0 aliphatic carbocycles. The summed E-state index contributed by atoms with van der Waals surface area (Å²) in [6, 6.07) is 14.0. The number of carbonyl (C=O) groups excluding carboxylic acids is 2. The third kappa shape index (κ3) is 3.41. The fraction of sp³-hybridized carbons (Fsp3) is 0.111. The van der Waals surface area contributed by atoms with Gasteiger partial charge in [-0.05, 0) is 43.3 Å².